The lowest BCUT2D eigenvalue weighted by Crippen LogP contribution is -2.34. The van der Waals surface area contributed by atoms with Crippen LogP contribution in [0.1, 0.15) is 23.0 Å². The van der Waals surface area contributed by atoms with E-state index in [4.69, 9.17) is 4.74 Å². The molecule has 1 aromatic heterocycles. The molecule has 1 aromatic carbocycles. The molecule has 0 bridgehead atoms. The highest BCUT2D eigenvalue weighted by Gasteiger charge is 2.40. The molecule has 2 N–H and O–H groups in total. The normalized spacial score (nSPS) is 12.9. The van der Waals surface area contributed by atoms with Gasteiger partial charge in [0.1, 0.15) is 17.5 Å². The molecule has 1 unspecified atom stereocenters. The third-order valence-corrected chi connectivity index (χ3v) is 4.02. The summed E-state index contributed by atoms with van der Waals surface area (Å²) in [5, 5.41) is 12.1. The Labute approximate surface area is 145 Å². The summed E-state index contributed by atoms with van der Waals surface area (Å²) >= 11 is 3.19. The maximum Gasteiger partial charge on any atom is 0.407 e. The Bertz CT molecular complexity index is 723. The molecule has 1 heterocycles. The molecular weight excluding hydrogens is 389 g/mol. The van der Waals surface area contributed by atoms with Crippen LogP contribution in [0.4, 0.5) is 13.2 Å². The lowest BCUT2D eigenvalue weighted by atomic mass is 10.1. The van der Waals surface area contributed by atoms with Crippen LogP contribution in [0.15, 0.2) is 34.8 Å². The number of nitrogens with one attached hydrogen (secondary N) is 1. The fourth-order valence-electron chi connectivity index (χ4n) is 2.22. The fraction of sp³-hybridized carbons (Fsp3) is 0.312. The van der Waals surface area contributed by atoms with Crippen molar-refractivity contribution in [3.05, 3.63) is 51.8 Å². The lowest BCUT2D eigenvalue weighted by molar-refractivity contribution is -0.158. The van der Waals surface area contributed by atoms with E-state index in [1.165, 1.54) is 31.4 Å². The second-order valence-electron chi connectivity index (χ2n) is 5.17. The maximum atomic E-state index is 13.4. The zero-order valence-electron chi connectivity index (χ0n) is 13.0. The number of aromatic hydroxyl groups is 1. The molecule has 8 heteroatoms. The molecule has 4 nitrogen and oxygen atoms in total. The Morgan fingerprint density at radius 2 is 2.00 bits per heavy atom. The molecule has 130 valence electrons. The van der Waals surface area contributed by atoms with Gasteiger partial charge in [0, 0.05) is 12.2 Å². The van der Waals surface area contributed by atoms with Gasteiger partial charge in [0.15, 0.2) is 0 Å². The Kier molecular flexibility index (Phi) is 5.71. The standard InChI is InChI=1S/C16H16BrF3N2O2/c1-9-3-5-13(23)12(22-9)8-21-15(16(18,19)20)10-4-6-14(24-2)11(17)7-10/h3-7,15,21,23H,8H2,1-2H3. The van der Waals surface area contributed by atoms with E-state index in [-0.39, 0.29) is 23.6 Å². The molecule has 0 aliphatic rings. The molecule has 0 saturated carbocycles. The van der Waals surface area contributed by atoms with Crippen molar-refractivity contribution in [1.29, 1.82) is 0 Å². The van der Waals surface area contributed by atoms with Crippen molar-refractivity contribution in [3.63, 3.8) is 0 Å². The van der Waals surface area contributed by atoms with Crippen molar-refractivity contribution in [2.24, 2.45) is 0 Å². The van der Waals surface area contributed by atoms with Gasteiger partial charge >= 0.3 is 6.18 Å². The van der Waals surface area contributed by atoms with E-state index in [0.29, 0.717) is 15.9 Å². The van der Waals surface area contributed by atoms with E-state index in [0.717, 1.165) is 0 Å². The van der Waals surface area contributed by atoms with Crippen molar-refractivity contribution in [1.82, 2.24) is 10.3 Å². The summed E-state index contributed by atoms with van der Waals surface area (Å²) in [4.78, 5) is 4.06. The number of alkyl halides is 3. The highest BCUT2D eigenvalue weighted by atomic mass is 79.9. The number of hydrogen-bond acceptors (Lipinski definition) is 4. The van der Waals surface area contributed by atoms with Crippen LogP contribution in [0, 0.1) is 6.92 Å². The first-order chi connectivity index (χ1) is 11.2. The molecule has 0 spiro atoms. The second-order valence-corrected chi connectivity index (χ2v) is 6.02. The quantitative estimate of drug-likeness (QED) is 0.781. The Balaban J connectivity index is 2.26. The van der Waals surface area contributed by atoms with Crippen LogP contribution in [-0.4, -0.2) is 23.4 Å². The molecule has 0 fully saturated rings. The predicted molar refractivity (Wildman–Crippen MR) is 87.0 cm³/mol. The van der Waals surface area contributed by atoms with Crippen LogP contribution in [0.5, 0.6) is 11.5 Å². The highest BCUT2D eigenvalue weighted by Crippen LogP contribution is 2.36. The van der Waals surface area contributed by atoms with Gasteiger partial charge in [-0.05, 0) is 52.7 Å². The number of rotatable bonds is 5. The minimum Gasteiger partial charge on any atom is -0.506 e. The number of halogens is 4. The molecule has 1 atom stereocenters. The Morgan fingerprint density at radius 1 is 1.29 bits per heavy atom. The summed E-state index contributed by atoms with van der Waals surface area (Å²) in [5.74, 6) is 0.294. The molecular formula is C16H16BrF3N2O2. The minimum atomic E-state index is -4.51. The number of methoxy groups -OCH3 is 1. The van der Waals surface area contributed by atoms with E-state index < -0.39 is 12.2 Å². The van der Waals surface area contributed by atoms with Crippen LogP contribution >= 0.6 is 15.9 Å². The zero-order valence-corrected chi connectivity index (χ0v) is 14.6. The predicted octanol–water partition coefficient (Wildman–Crippen LogP) is 4.26. The molecule has 24 heavy (non-hydrogen) atoms. The van der Waals surface area contributed by atoms with Crippen molar-refractivity contribution in [3.8, 4) is 11.5 Å². The van der Waals surface area contributed by atoms with Gasteiger partial charge in [-0.3, -0.25) is 10.3 Å². The first kappa shape index (κ1) is 18.5. The maximum absolute atomic E-state index is 13.4. The largest absolute Gasteiger partial charge is 0.506 e. The van der Waals surface area contributed by atoms with Gasteiger partial charge in [0.2, 0.25) is 0 Å². The number of aromatic nitrogens is 1. The number of hydrogen-bond donors (Lipinski definition) is 2. The highest BCUT2D eigenvalue weighted by molar-refractivity contribution is 9.10. The minimum absolute atomic E-state index is 0.0299. The Morgan fingerprint density at radius 3 is 2.58 bits per heavy atom. The smallest absolute Gasteiger partial charge is 0.407 e. The third kappa shape index (κ3) is 4.39. The van der Waals surface area contributed by atoms with Crippen molar-refractivity contribution in [2.45, 2.75) is 25.7 Å². The number of pyridine rings is 1. The van der Waals surface area contributed by atoms with Crippen molar-refractivity contribution >= 4 is 15.9 Å². The van der Waals surface area contributed by atoms with Crippen molar-refractivity contribution in [2.75, 3.05) is 7.11 Å². The van der Waals surface area contributed by atoms with Gasteiger partial charge in [0.05, 0.1) is 17.3 Å². The van der Waals surface area contributed by atoms with Crippen molar-refractivity contribution < 1.29 is 23.0 Å². The summed E-state index contributed by atoms with van der Waals surface area (Å²) in [6.07, 6.45) is -4.51. The summed E-state index contributed by atoms with van der Waals surface area (Å²) in [7, 11) is 1.44. The first-order valence-electron chi connectivity index (χ1n) is 7.01. The average molecular weight is 405 g/mol. The zero-order chi connectivity index (χ0) is 17.9. The molecule has 0 aliphatic carbocycles. The summed E-state index contributed by atoms with van der Waals surface area (Å²) in [6, 6.07) is 5.25. The summed E-state index contributed by atoms with van der Waals surface area (Å²) < 4.78 is 45.7. The van der Waals surface area contributed by atoms with Crippen LogP contribution < -0.4 is 10.1 Å². The van der Waals surface area contributed by atoms with E-state index in [1.807, 2.05) is 0 Å². The average Bonchev–Trinajstić information content (AvgIpc) is 2.49. The van der Waals surface area contributed by atoms with Crippen LogP contribution in [0.25, 0.3) is 0 Å². The van der Waals surface area contributed by atoms with E-state index in [1.54, 1.807) is 13.0 Å². The molecule has 0 amide bonds. The van der Waals surface area contributed by atoms with Crippen LogP contribution in [-0.2, 0) is 6.54 Å². The number of aryl methyl sites for hydroxylation is 1. The van der Waals surface area contributed by atoms with Gasteiger partial charge in [0.25, 0.3) is 0 Å². The van der Waals surface area contributed by atoms with Crippen LogP contribution in [0.2, 0.25) is 0 Å². The Hall–Kier alpha value is -1.80. The molecule has 0 saturated heterocycles. The van der Waals surface area contributed by atoms with Gasteiger partial charge in [-0.15, -0.1) is 0 Å². The number of benzene rings is 1. The molecule has 2 rings (SSSR count). The summed E-state index contributed by atoms with van der Waals surface area (Å²) in [6.45, 7) is 1.48. The lowest BCUT2D eigenvalue weighted by Gasteiger charge is -2.23. The van der Waals surface area contributed by atoms with Gasteiger partial charge in [-0.1, -0.05) is 6.07 Å². The van der Waals surface area contributed by atoms with Gasteiger partial charge in [-0.25, -0.2) is 0 Å². The SMILES string of the molecule is COc1ccc(C(NCc2nc(C)ccc2O)C(F)(F)F)cc1Br. The first-order valence-corrected chi connectivity index (χ1v) is 7.80. The van der Waals surface area contributed by atoms with E-state index in [9.17, 15) is 18.3 Å². The summed E-state index contributed by atoms with van der Waals surface area (Å²) in [5.41, 5.74) is 0.805. The van der Waals surface area contributed by atoms with Crippen LogP contribution in [0.3, 0.4) is 0 Å². The molecule has 2 aromatic rings. The number of nitrogens with zero attached hydrogens (tertiary/aromatic N) is 1. The second kappa shape index (κ2) is 7.40. The van der Waals surface area contributed by atoms with E-state index >= 15 is 0 Å². The molecule has 0 aliphatic heterocycles. The van der Waals surface area contributed by atoms with E-state index in [2.05, 4.69) is 26.2 Å². The van der Waals surface area contributed by atoms with Gasteiger partial charge in [-0.2, -0.15) is 13.2 Å². The fourth-order valence-corrected chi connectivity index (χ4v) is 2.78. The van der Waals surface area contributed by atoms with Gasteiger partial charge < -0.3 is 9.84 Å². The third-order valence-electron chi connectivity index (χ3n) is 3.40. The number of ether oxygens (including phenoxy) is 1. The molecule has 0 radical (unpaired) electrons. The monoisotopic (exact) mass is 404 g/mol. The topological polar surface area (TPSA) is 54.4 Å².